The Labute approximate surface area is 83.9 Å². The summed E-state index contributed by atoms with van der Waals surface area (Å²) in [5, 5.41) is 4.08. The van der Waals surface area contributed by atoms with Crippen LogP contribution in [0.3, 0.4) is 0 Å². The molecule has 0 bridgehead atoms. The normalized spacial score (nSPS) is 20.1. The van der Waals surface area contributed by atoms with Gasteiger partial charge >= 0.3 is 0 Å². The first-order valence-electron chi connectivity index (χ1n) is 5.14. The number of nitrogens with zero attached hydrogens (tertiary/aromatic N) is 4. The highest BCUT2D eigenvalue weighted by Crippen LogP contribution is 2.12. The number of nitrogen functional groups attached to an aromatic ring is 1. The van der Waals surface area contributed by atoms with E-state index in [9.17, 15) is 0 Å². The fourth-order valence-electron chi connectivity index (χ4n) is 1.97. The van der Waals surface area contributed by atoms with E-state index in [1.54, 1.807) is 6.33 Å². The minimum atomic E-state index is 0.360. The molecule has 2 N–H and O–H groups in total. The van der Waals surface area contributed by atoms with Crippen LogP contribution in [0.2, 0.25) is 0 Å². The Balaban J connectivity index is 1.90. The van der Waals surface area contributed by atoms with Gasteiger partial charge in [-0.05, 0) is 32.9 Å². The van der Waals surface area contributed by atoms with Gasteiger partial charge in [0.1, 0.15) is 6.33 Å². The molecule has 1 unspecified atom stereocenters. The first-order valence-corrected chi connectivity index (χ1v) is 5.14. The maximum absolute atomic E-state index is 5.45. The number of hydrogen-bond donors (Lipinski definition) is 1. The van der Waals surface area contributed by atoms with E-state index in [2.05, 4.69) is 21.9 Å². The molecular formula is C9H17N5. The Morgan fingerprint density at radius 3 is 2.79 bits per heavy atom. The van der Waals surface area contributed by atoms with Gasteiger partial charge in [-0.1, -0.05) is 0 Å². The average Bonchev–Trinajstić information content (AvgIpc) is 2.75. The molecule has 5 nitrogen and oxygen atoms in total. The third-order valence-electron chi connectivity index (χ3n) is 2.77. The topological polar surface area (TPSA) is 60.0 Å². The van der Waals surface area contributed by atoms with E-state index in [1.807, 2.05) is 4.68 Å². The summed E-state index contributed by atoms with van der Waals surface area (Å²) in [6.45, 7) is 5.53. The van der Waals surface area contributed by atoms with Crippen molar-refractivity contribution in [3.05, 3.63) is 6.33 Å². The number of likely N-dealkylation sites (tertiary alicyclic amines) is 1. The molecule has 2 heterocycles. The Kier molecular flexibility index (Phi) is 2.67. The van der Waals surface area contributed by atoms with Crippen molar-refractivity contribution < 1.29 is 0 Å². The van der Waals surface area contributed by atoms with E-state index in [0.29, 0.717) is 12.0 Å². The lowest BCUT2D eigenvalue weighted by Gasteiger charge is -2.23. The second-order valence-corrected chi connectivity index (χ2v) is 3.92. The summed E-state index contributed by atoms with van der Waals surface area (Å²) >= 11 is 0. The van der Waals surface area contributed by atoms with Crippen LogP contribution in [-0.4, -0.2) is 38.8 Å². The molecule has 0 radical (unpaired) electrons. The summed E-state index contributed by atoms with van der Waals surface area (Å²) in [5.41, 5.74) is 5.45. The Bertz CT molecular complexity index is 289. The Hall–Kier alpha value is -1.10. The van der Waals surface area contributed by atoms with Crippen LogP contribution >= 0.6 is 0 Å². The minimum Gasteiger partial charge on any atom is -0.367 e. The van der Waals surface area contributed by atoms with Crippen molar-refractivity contribution in [2.75, 3.05) is 18.8 Å². The van der Waals surface area contributed by atoms with Crippen molar-refractivity contribution in [3.8, 4) is 0 Å². The zero-order chi connectivity index (χ0) is 9.97. The highest BCUT2D eigenvalue weighted by molar-refractivity contribution is 5.09. The lowest BCUT2D eigenvalue weighted by atomic mass is 10.3. The van der Waals surface area contributed by atoms with Gasteiger partial charge < -0.3 is 5.73 Å². The van der Waals surface area contributed by atoms with Crippen LogP contribution in [0.25, 0.3) is 0 Å². The van der Waals surface area contributed by atoms with E-state index < -0.39 is 0 Å². The maximum atomic E-state index is 5.45. The molecule has 0 aromatic carbocycles. The van der Waals surface area contributed by atoms with Crippen molar-refractivity contribution in [1.29, 1.82) is 0 Å². The second-order valence-electron chi connectivity index (χ2n) is 3.92. The molecule has 0 amide bonds. The number of hydrogen-bond acceptors (Lipinski definition) is 4. The van der Waals surface area contributed by atoms with Crippen molar-refractivity contribution in [2.45, 2.75) is 32.4 Å². The monoisotopic (exact) mass is 195 g/mol. The van der Waals surface area contributed by atoms with Crippen molar-refractivity contribution in [1.82, 2.24) is 19.7 Å². The molecule has 5 heteroatoms. The van der Waals surface area contributed by atoms with Crippen LogP contribution < -0.4 is 5.73 Å². The summed E-state index contributed by atoms with van der Waals surface area (Å²) in [7, 11) is 0. The van der Waals surface area contributed by atoms with Gasteiger partial charge in [0, 0.05) is 6.04 Å². The van der Waals surface area contributed by atoms with Gasteiger partial charge in [0.25, 0.3) is 0 Å². The van der Waals surface area contributed by atoms with Crippen LogP contribution in [0, 0.1) is 0 Å². The molecular weight excluding hydrogens is 178 g/mol. The van der Waals surface area contributed by atoms with Crippen molar-refractivity contribution >= 4 is 5.95 Å². The summed E-state index contributed by atoms with van der Waals surface area (Å²) in [6.07, 6.45) is 4.34. The van der Waals surface area contributed by atoms with E-state index in [4.69, 9.17) is 5.73 Å². The number of rotatable bonds is 3. The third-order valence-corrected chi connectivity index (χ3v) is 2.77. The van der Waals surface area contributed by atoms with Gasteiger partial charge in [0.05, 0.1) is 6.54 Å². The minimum absolute atomic E-state index is 0.360. The Morgan fingerprint density at radius 1 is 1.50 bits per heavy atom. The van der Waals surface area contributed by atoms with Crippen LogP contribution in [0.15, 0.2) is 6.33 Å². The summed E-state index contributed by atoms with van der Waals surface area (Å²) < 4.78 is 1.82. The fourth-order valence-corrected chi connectivity index (χ4v) is 1.97. The molecule has 0 spiro atoms. The molecule has 0 aliphatic carbocycles. The number of nitrogens with two attached hydrogens (primary N) is 1. The van der Waals surface area contributed by atoms with Crippen LogP contribution in [0.1, 0.15) is 19.8 Å². The highest BCUT2D eigenvalue weighted by atomic mass is 15.4. The summed E-state index contributed by atoms with van der Waals surface area (Å²) in [5.74, 6) is 0.360. The SMILES string of the molecule is CC(Cn1cnc(N)n1)N1CCCC1. The van der Waals surface area contributed by atoms with Gasteiger partial charge in [-0.2, -0.15) is 0 Å². The molecule has 1 fully saturated rings. The summed E-state index contributed by atoms with van der Waals surface area (Å²) in [4.78, 5) is 6.39. The van der Waals surface area contributed by atoms with Crippen LogP contribution in [0.4, 0.5) is 5.95 Å². The first kappa shape index (κ1) is 9.45. The molecule has 1 aromatic rings. The molecule has 1 atom stereocenters. The van der Waals surface area contributed by atoms with Gasteiger partial charge in [-0.25, -0.2) is 9.67 Å². The molecule has 1 aliphatic heterocycles. The largest absolute Gasteiger partial charge is 0.367 e. The molecule has 0 saturated carbocycles. The zero-order valence-electron chi connectivity index (χ0n) is 8.56. The van der Waals surface area contributed by atoms with Gasteiger partial charge in [0.2, 0.25) is 5.95 Å². The smallest absolute Gasteiger partial charge is 0.239 e. The molecule has 1 aliphatic rings. The predicted octanol–water partition coefficient (Wildman–Crippen LogP) is 0.345. The quantitative estimate of drug-likeness (QED) is 0.755. The molecule has 1 aromatic heterocycles. The summed E-state index contributed by atoms with van der Waals surface area (Å²) in [6, 6.07) is 0.526. The molecule has 78 valence electrons. The lowest BCUT2D eigenvalue weighted by molar-refractivity contribution is 0.230. The second kappa shape index (κ2) is 3.96. The van der Waals surface area contributed by atoms with Crippen molar-refractivity contribution in [2.24, 2.45) is 0 Å². The zero-order valence-corrected chi connectivity index (χ0v) is 8.56. The third kappa shape index (κ3) is 2.04. The number of anilines is 1. The van der Waals surface area contributed by atoms with Gasteiger partial charge in [-0.3, -0.25) is 4.90 Å². The van der Waals surface area contributed by atoms with E-state index in [1.165, 1.54) is 25.9 Å². The van der Waals surface area contributed by atoms with E-state index in [0.717, 1.165) is 6.54 Å². The molecule has 14 heavy (non-hydrogen) atoms. The van der Waals surface area contributed by atoms with Gasteiger partial charge in [0.15, 0.2) is 0 Å². The molecule has 1 saturated heterocycles. The lowest BCUT2D eigenvalue weighted by Crippen LogP contribution is -2.33. The van der Waals surface area contributed by atoms with Crippen LogP contribution in [-0.2, 0) is 6.54 Å². The predicted molar refractivity (Wildman–Crippen MR) is 54.7 cm³/mol. The van der Waals surface area contributed by atoms with E-state index >= 15 is 0 Å². The van der Waals surface area contributed by atoms with Crippen molar-refractivity contribution in [3.63, 3.8) is 0 Å². The average molecular weight is 195 g/mol. The molecule has 2 rings (SSSR count). The Morgan fingerprint density at radius 2 is 2.21 bits per heavy atom. The van der Waals surface area contributed by atoms with Gasteiger partial charge in [-0.15, -0.1) is 5.10 Å². The standard InChI is InChI=1S/C9H17N5/c1-8(13-4-2-3-5-13)6-14-7-11-9(10)12-14/h7-8H,2-6H2,1H3,(H2,10,12). The highest BCUT2D eigenvalue weighted by Gasteiger charge is 2.18. The van der Waals surface area contributed by atoms with E-state index in [-0.39, 0.29) is 0 Å². The number of aromatic nitrogens is 3. The van der Waals surface area contributed by atoms with Crippen LogP contribution in [0.5, 0.6) is 0 Å². The first-order chi connectivity index (χ1) is 6.75. The fraction of sp³-hybridized carbons (Fsp3) is 0.778. The maximum Gasteiger partial charge on any atom is 0.239 e.